The molecule has 2 unspecified atom stereocenters. The second kappa shape index (κ2) is 9.02. The van der Waals surface area contributed by atoms with Gasteiger partial charge in [-0.1, -0.05) is 110 Å². The third kappa shape index (κ3) is 3.92. The predicted molar refractivity (Wildman–Crippen MR) is 135 cm³/mol. The average Bonchev–Trinajstić information content (AvgIpc) is 2.86. The molecule has 0 radical (unpaired) electrons. The van der Waals surface area contributed by atoms with Crippen LogP contribution >= 0.6 is 0 Å². The highest BCUT2D eigenvalue weighted by Gasteiger charge is 2.60. The van der Waals surface area contributed by atoms with Gasteiger partial charge in [-0.3, -0.25) is 0 Å². The zero-order valence-electron chi connectivity index (χ0n) is 18.8. The van der Waals surface area contributed by atoms with E-state index in [1.165, 1.54) is 22.4 Å². The molecule has 1 aliphatic rings. The maximum atomic E-state index is 12.0. The molecule has 1 fully saturated rings. The largest absolute Gasteiger partial charge is 0.466 e. The van der Waals surface area contributed by atoms with E-state index in [1.54, 1.807) is 0 Å². The van der Waals surface area contributed by atoms with Crippen LogP contribution in [0.3, 0.4) is 0 Å². The summed E-state index contributed by atoms with van der Waals surface area (Å²) in [6, 6.07) is 32.8. The zero-order chi connectivity index (χ0) is 22.7. The Morgan fingerprint density at radius 3 is 1.94 bits per heavy atom. The van der Waals surface area contributed by atoms with Gasteiger partial charge in [0.2, 0.25) is 7.83 Å². The number of carbonyl (C=O) groups excluding carboxylic acids is 1. The molecule has 0 N–H and O–H groups in total. The van der Waals surface area contributed by atoms with E-state index >= 15 is 0 Å². The topological polar surface area (TPSA) is 35.5 Å². The van der Waals surface area contributed by atoms with Crippen LogP contribution in [0.15, 0.2) is 104 Å². The van der Waals surface area contributed by atoms with Crippen molar-refractivity contribution in [3.05, 3.63) is 115 Å². The van der Waals surface area contributed by atoms with E-state index < -0.39 is 21.0 Å². The van der Waals surface area contributed by atoms with Gasteiger partial charge >= 0.3 is 5.97 Å². The zero-order valence-corrected chi connectivity index (χ0v) is 20.8. The Labute approximate surface area is 192 Å². The van der Waals surface area contributed by atoms with E-state index in [1.807, 2.05) is 18.2 Å². The SMILES string of the molecule is C=CC(=O)OC[Si]1(C)CCC(c2ccccc2)(c2ccccc2)O[Si]1(C)c1ccccc1. The normalized spacial score (nSPS) is 24.4. The molecule has 0 aromatic heterocycles. The molecule has 32 heavy (non-hydrogen) atoms. The van der Waals surface area contributed by atoms with Gasteiger partial charge in [0.1, 0.15) is 13.2 Å². The summed E-state index contributed by atoms with van der Waals surface area (Å²) in [6.07, 6.45) is 2.57. The lowest BCUT2D eigenvalue weighted by Crippen LogP contribution is -2.75. The first-order valence-electron chi connectivity index (χ1n) is 11.1. The van der Waals surface area contributed by atoms with Gasteiger partial charge in [-0.2, -0.15) is 0 Å². The van der Waals surface area contributed by atoms with Crippen molar-refractivity contribution in [1.82, 2.24) is 0 Å². The Kier molecular flexibility index (Phi) is 6.33. The van der Waals surface area contributed by atoms with Crippen LogP contribution in [-0.2, 0) is 19.6 Å². The van der Waals surface area contributed by atoms with Crippen LogP contribution in [-0.4, -0.2) is 27.6 Å². The summed E-state index contributed by atoms with van der Waals surface area (Å²) in [5.41, 5.74) is 1.84. The van der Waals surface area contributed by atoms with Gasteiger partial charge in [-0.25, -0.2) is 4.79 Å². The summed E-state index contributed by atoms with van der Waals surface area (Å²) in [5.74, 6) is -0.355. The van der Waals surface area contributed by atoms with Crippen LogP contribution < -0.4 is 5.19 Å². The van der Waals surface area contributed by atoms with E-state index in [0.717, 1.165) is 12.5 Å². The second-order valence-electron chi connectivity index (χ2n) is 8.93. The quantitative estimate of drug-likeness (QED) is 0.287. The molecule has 3 aromatic carbocycles. The lowest BCUT2D eigenvalue weighted by Gasteiger charge is -2.54. The van der Waals surface area contributed by atoms with Crippen LogP contribution in [0.2, 0.25) is 19.1 Å². The van der Waals surface area contributed by atoms with E-state index in [0.29, 0.717) is 6.23 Å². The monoisotopic (exact) mass is 458 g/mol. The van der Waals surface area contributed by atoms with Crippen molar-refractivity contribution in [3.8, 4) is 0 Å². The van der Waals surface area contributed by atoms with Gasteiger partial charge in [0.25, 0.3) is 0 Å². The standard InChI is InChI=1S/C27H30O3Si2/c1-4-26(28)29-22-31(2)21-20-27(23-14-8-5-9-15-23,24-16-10-6-11-17-24)30-32(31,3)25-18-12-7-13-19-25/h4-19H,1,20-22H2,2-3H3. The first-order chi connectivity index (χ1) is 15.4. The summed E-state index contributed by atoms with van der Waals surface area (Å²) in [7, 11) is -4.66. The lowest BCUT2D eigenvalue weighted by atomic mass is 9.84. The number of esters is 1. The highest BCUT2D eigenvalue weighted by molar-refractivity contribution is 7.44. The van der Waals surface area contributed by atoms with Gasteiger partial charge in [-0.05, 0) is 29.3 Å². The first-order valence-corrected chi connectivity index (χ1v) is 17.4. The maximum Gasteiger partial charge on any atom is 0.329 e. The Morgan fingerprint density at radius 1 is 0.938 bits per heavy atom. The van der Waals surface area contributed by atoms with E-state index in [4.69, 9.17) is 9.16 Å². The molecular formula is C27H30O3Si2. The first kappa shape index (κ1) is 22.5. The molecule has 3 nitrogen and oxygen atoms in total. The fourth-order valence-electron chi connectivity index (χ4n) is 4.86. The molecule has 0 spiro atoms. The van der Waals surface area contributed by atoms with Crippen LogP contribution in [0.4, 0.5) is 0 Å². The van der Waals surface area contributed by atoms with Crippen molar-refractivity contribution < 1.29 is 14.0 Å². The molecule has 164 valence electrons. The van der Waals surface area contributed by atoms with Crippen molar-refractivity contribution in [3.63, 3.8) is 0 Å². The van der Waals surface area contributed by atoms with Crippen LogP contribution in [0, 0.1) is 0 Å². The Bertz CT molecular complexity index is 1030. The van der Waals surface area contributed by atoms with Crippen molar-refractivity contribution >= 4 is 26.6 Å². The molecule has 1 saturated heterocycles. The number of hydrogen-bond donors (Lipinski definition) is 0. The van der Waals surface area contributed by atoms with Gasteiger partial charge in [0.15, 0.2) is 0 Å². The fourth-order valence-corrected chi connectivity index (χ4v) is 16.8. The molecule has 5 heteroatoms. The fraction of sp³-hybridized carbons (Fsp3) is 0.222. The highest BCUT2D eigenvalue weighted by Crippen LogP contribution is 2.48. The number of rotatable bonds is 6. The highest BCUT2D eigenvalue weighted by atomic mass is 29.3. The Hall–Kier alpha value is -2.74. The third-order valence-electron chi connectivity index (χ3n) is 7.06. The molecule has 1 aliphatic heterocycles. The molecule has 0 aliphatic carbocycles. The molecule has 3 aromatic rings. The molecular weight excluding hydrogens is 428 g/mol. The van der Waals surface area contributed by atoms with Crippen molar-refractivity contribution in [2.24, 2.45) is 0 Å². The number of ether oxygens (including phenoxy) is 1. The van der Waals surface area contributed by atoms with Crippen LogP contribution in [0.25, 0.3) is 0 Å². The molecule has 4 rings (SSSR count). The summed E-state index contributed by atoms with van der Waals surface area (Å²) < 4.78 is 13.2. The van der Waals surface area contributed by atoms with E-state index in [9.17, 15) is 4.79 Å². The van der Waals surface area contributed by atoms with Gasteiger partial charge in [0, 0.05) is 6.08 Å². The number of benzene rings is 3. The smallest absolute Gasteiger partial charge is 0.329 e. The van der Waals surface area contributed by atoms with Crippen molar-refractivity contribution in [1.29, 1.82) is 0 Å². The van der Waals surface area contributed by atoms with Crippen LogP contribution in [0.1, 0.15) is 17.5 Å². The van der Waals surface area contributed by atoms with Gasteiger partial charge < -0.3 is 9.16 Å². The van der Waals surface area contributed by atoms with E-state index in [-0.39, 0.29) is 5.97 Å². The summed E-state index contributed by atoms with van der Waals surface area (Å²) in [4.78, 5) is 12.0. The minimum Gasteiger partial charge on any atom is -0.466 e. The number of hydrogen-bond acceptors (Lipinski definition) is 3. The van der Waals surface area contributed by atoms with Crippen molar-refractivity contribution in [2.75, 3.05) is 6.23 Å². The minimum atomic E-state index is -2.52. The molecule has 0 amide bonds. The predicted octanol–water partition coefficient (Wildman–Crippen LogP) is 5.26. The maximum absolute atomic E-state index is 12.0. The van der Waals surface area contributed by atoms with Gasteiger partial charge in [0.05, 0.1) is 6.23 Å². The Morgan fingerprint density at radius 2 is 1.44 bits per heavy atom. The van der Waals surface area contributed by atoms with E-state index in [2.05, 4.69) is 92.5 Å². The van der Waals surface area contributed by atoms with Crippen LogP contribution in [0.5, 0.6) is 0 Å². The summed E-state index contributed by atoms with van der Waals surface area (Å²) >= 11 is 0. The average molecular weight is 459 g/mol. The molecule has 2 atom stereocenters. The van der Waals surface area contributed by atoms with Gasteiger partial charge in [-0.15, -0.1) is 0 Å². The number of carbonyl (C=O) groups is 1. The van der Waals surface area contributed by atoms with Crippen molar-refractivity contribution in [2.45, 2.75) is 31.2 Å². The summed E-state index contributed by atoms with van der Waals surface area (Å²) in [6.45, 7) is 8.24. The minimum absolute atomic E-state index is 0.355. The molecule has 0 bridgehead atoms. The molecule has 0 saturated carbocycles. The molecule has 1 heterocycles. The third-order valence-corrected chi connectivity index (χ3v) is 23.0. The lowest BCUT2D eigenvalue weighted by molar-refractivity contribution is -0.136. The Balaban J connectivity index is 1.86. The second-order valence-corrected chi connectivity index (χ2v) is 22.2. The summed E-state index contributed by atoms with van der Waals surface area (Å²) in [5, 5.41) is 1.26.